The van der Waals surface area contributed by atoms with Crippen LogP contribution in [0, 0.1) is 5.82 Å². The molecule has 0 atom stereocenters. The maximum atomic E-state index is 12.9. The van der Waals surface area contributed by atoms with E-state index < -0.39 is 0 Å². The molecule has 0 spiro atoms. The molecule has 0 aliphatic carbocycles. The average molecular weight is 397 g/mol. The highest BCUT2D eigenvalue weighted by Crippen LogP contribution is 2.27. The van der Waals surface area contributed by atoms with Gasteiger partial charge in [-0.15, -0.1) is 5.10 Å². The summed E-state index contributed by atoms with van der Waals surface area (Å²) in [6, 6.07) is 12.3. The first-order valence-corrected chi connectivity index (χ1v) is 9.31. The lowest BCUT2D eigenvalue weighted by atomic mass is 10.1. The van der Waals surface area contributed by atoms with E-state index in [2.05, 4.69) is 25.8 Å². The van der Waals surface area contributed by atoms with Gasteiger partial charge in [-0.25, -0.2) is 4.39 Å². The van der Waals surface area contributed by atoms with Crippen molar-refractivity contribution >= 4 is 11.8 Å². The summed E-state index contributed by atoms with van der Waals surface area (Å²) in [5.41, 5.74) is 2.16. The van der Waals surface area contributed by atoms with Gasteiger partial charge in [0.1, 0.15) is 5.82 Å². The Labute approximate surface area is 169 Å². The molecule has 0 saturated heterocycles. The van der Waals surface area contributed by atoms with E-state index in [-0.39, 0.29) is 5.82 Å². The van der Waals surface area contributed by atoms with Crippen LogP contribution in [0.15, 0.2) is 48.7 Å². The van der Waals surface area contributed by atoms with Crippen LogP contribution in [-0.2, 0) is 12.8 Å². The second-order valence-electron chi connectivity index (χ2n) is 6.33. The molecule has 1 aromatic heterocycles. The Kier molecular flexibility index (Phi) is 7.16. The van der Waals surface area contributed by atoms with Crippen molar-refractivity contribution in [2.75, 3.05) is 37.9 Å². The SMILES string of the molecule is COc1ccc(CCNc2nncc(NCCc3ccc(F)cc3)n2)cc1OC. The normalized spacial score (nSPS) is 10.4. The number of anilines is 2. The third-order valence-electron chi connectivity index (χ3n) is 4.34. The van der Waals surface area contributed by atoms with E-state index in [1.54, 1.807) is 32.5 Å². The monoisotopic (exact) mass is 397 g/mol. The third kappa shape index (κ3) is 6.03. The summed E-state index contributed by atoms with van der Waals surface area (Å²) in [6.07, 6.45) is 3.10. The van der Waals surface area contributed by atoms with Gasteiger partial charge in [-0.2, -0.15) is 10.1 Å². The van der Waals surface area contributed by atoms with E-state index in [0.29, 0.717) is 36.4 Å². The maximum absolute atomic E-state index is 12.9. The Morgan fingerprint density at radius 3 is 2.31 bits per heavy atom. The average Bonchev–Trinajstić information content (AvgIpc) is 2.75. The molecule has 0 aliphatic heterocycles. The zero-order valence-corrected chi connectivity index (χ0v) is 16.5. The number of rotatable bonds is 10. The molecule has 0 bridgehead atoms. The third-order valence-corrected chi connectivity index (χ3v) is 4.34. The number of aromatic nitrogens is 3. The molecule has 0 amide bonds. The van der Waals surface area contributed by atoms with Crippen LogP contribution in [0.2, 0.25) is 0 Å². The van der Waals surface area contributed by atoms with Crippen molar-refractivity contribution in [2.24, 2.45) is 0 Å². The van der Waals surface area contributed by atoms with E-state index >= 15 is 0 Å². The summed E-state index contributed by atoms with van der Waals surface area (Å²) in [5.74, 6) is 2.27. The molecule has 152 valence electrons. The number of hydrogen-bond acceptors (Lipinski definition) is 7. The summed E-state index contributed by atoms with van der Waals surface area (Å²) in [7, 11) is 3.23. The molecule has 29 heavy (non-hydrogen) atoms. The highest BCUT2D eigenvalue weighted by Gasteiger charge is 2.05. The van der Waals surface area contributed by atoms with Gasteiger partial charge < -0.3 is 20.1 Å². The van der Waals surface area contributed by atoms with Gasteiger partial charge in [-0.3, -0.25) is 0 Å². The fourth-order valence-electron chi connectivity index (χ4n) is 2.80. The zero-order chi connectivity index (χ0) is 20.5. The Balaban J connectivity index is 1.47. The summed E-state index contributed by atoms with van der Waals surface area (Å²) < 4.78 is 23.5. The number of methoxy groups -OCH3 is 2. The van der Waals surface area contributed by atoms with Gasteiger partial charge in [0.2, 0.25) is 5.95 Å². The summed E-state index contributed by atoms with van der Waals surface area (Å²) in [6.45, 7) is 1.31. The van der Waals surface area contributed by atoms with Crippen molar-refractivity contribution in [1.82, 2.24) is 15.2 Å². The van der Waals surface area contributed by atoms with Crippen LogP contribution in [0.25, 0.3) is 0 Å². The summed E-state index contributed by atoms with van der Waals surface area (Å²) in [4.78, 5) is 4.41. The molecule has 3 rings (SSSR count). The van der Waals surface area contributed by atoms with Crippen molar-refractivity contribution in [3.8, 4) is 11.5 Å². The molecule has 2 aromatic carbocycles. The Morgan fingerprint density at radius 2 is 1.55 bits per heavy atom. The second-order valence-corrected chi connectivity index (χ2v) is 6.33. The van der Waals surface area contributed by atoms with Crippen LogP contribution in [-0.4, -0.2) is 42.5 Å². The number of halogens is 1. The maximum Gasteiger partial charge on any atom is 0.244 e. The number of benzene rings is 2. The fourth-order valence-corrected chi connectivity index (χ4v) is 2.80. The van der Waals surface area contributed by atoms with E-state index in [1.807, 2.05) is 18.2 Å². The molecule has 0 saturated carbocycles. The lowest BCUT2D eigenvalue weighted by molar-refractivity contribution is 0.354. The van der Waals surface area contributed by atoms with Gasteiger partial charge in [-0.1, -0.05) is 18.2 Å². The van der Waals surface area contributed by atoms with E-state index in [9.17, 15) is 4.39 Å². The highest BCUT2D eigenvalue weighted by atomic mass is 19.1. The minimum Gasteiger partial charge on any atom is -0.493 e. The number of nitrogens with zero attached hydrogens (tertiary/aromatic N) is 3. The summed E-state index contributed by atoms with van der Waals surface area (Å²) >= 11 is 0. The van der Waals surface area contributed by atoms with Crippen LogP contribution < -0.4 is 20.1 Å². The van der Waals surface area contributed by atoms with Gasteiger partial charge in [0.05, 0.1) is 20.4 Å². The molecule has 0 aliphatic rings. The van der Waals surface area contributed by atoms with Crippen LogP contribution in [0.4, 0.5) is 16.2 Å². The first-order valence-electron chi connectivity index (χ1n) is 9.31. The number of hydrogen-bond donors (Lipinski definition) is 2. The molecule has 8 heteroatoms. The first-order chi connectivity index (χ1) is 14.2. The highest BCUT2D eigenvalue weighted by molar-refractivity contribution is 5.43. The van der Waals surface area contributed by atoms with E-state index in [4.69, 9.17) is 9.47 Å². The van der Waals surface area contributed by atoms with Gasteiger partial charge in [0.15, 0.2) is 17.3 Å². The lowest BCUT2D eigenvalue weighted by Gasteiger charge is -2.10. The lowest BCUT2D eigenvalue weighted by Crippen LogP contribution is -2.12. The largest absolute Gasteiger partial charge is 0.493 e. The van der Waals surface area contributed by atoms with Gasteiger partial charge in [-0.05, 0) is 48.2 Å². The molecule has 3 aromatic rings. The van der Waals surface area contributed by atoms with Crippen molar-refractivity contribution < 1.29 is 13.9 Å². The van der Waals surface area contributed by atoms with Crippen molar-refractivity contribution in [3.05, 3.63) is 65.6 Å². The van der Waals surface area contributed by atoms with Gasteiger partial charge in [0.25, 0.3) is 0 Å². The van der Waals surface area contributed by atoms with Crippen molar-refractivity contribution in [1.29, 1.82) is 0 Å². The van der Waals surface area contributed by atoms with Crippen LogP contribution in [0.5, 0.6) is 11.5 Å². The fraction of sp³-hybridized carbons (Fsp3) is 0.286. The number of nitrogens with one attached hydrogen (secondary N) is 2. The van der Waals surface area contributed by atoms with Crippen LogP contribution >= 0.6 is 0 Å². The molecule has 0 unspecified atom stereocenters. The quantitative estimate of drug-likeness (QED) is 0.543. The topological polar surface area (TPSA) is 81.2 Å². The molecular formula is C21H24FN5O2. The molecule has 1 heterocycles. The predicted molar refractivity (Wildman–Crippen MR) is 110 cm³/mol. The van der Waals surface area contributed by atoms with Gasteiger partial charge >= 0.3 is 0 Å². The number of ether oxygens (including phenoxy) is 2. The van der Waals surface area contributed by atoms with Crippen molar-refractivity contribution in [3.63, 3.8) is 0 Å². The van der Waals surface area contributed by atoms with E-state index in [1.165, 1.54) is 12.1 Å². The van der Waals surface area contributed by atoms with Gasteiger partial charge in [0, 0.05) is 13.1 Å². The van der Waals surface area contributed by atoms with Crippen LogP contribution in [0.1, 0.15) is 11.1 Å². The first kappa shape index (κ1) is 20.3. The molecule has 0 fully saturated rings. The van der Waals surface area contributed by atoms with E-state index in [0.717, 1.165) is 24.0 Å². The van der Waals surface area contributed by atoms with Crippen LogP contribution in [0.3, 0.4) is 0 Å². The molecule has 2 N–H and O–H groups in total. The molecule has 0 radical (unpaired) electrons. The standard InChI is InChI=1S/C21H24FN5O2/c1-28-18-8-5-16(13-19(18)29-2)10-12-24-21-26-20(14-25-27-21)23-11-9-15-3-6-17(22)7-4-15/h3-8,13-14H,9-12H2,1-2H3,(H2,23,24,26,27). The smallest absolute Gasteiger partial charge is 0.244 e. The zero-order valence-electron chi connectivity index (χ0n) is 16.5. The predicted octanol–water partition coefficient (Wildman–Crippen LogP) is 3.34. The second kappa shape index (κ2) is 10.2. The summed E-state index contributed by atoms with van der Waals surface area (Å²) in [5, 5.41) is 14.4. The van der Waals surface area contributed by atoms with Crippen molar-refractivity contribution in [2.45, 2.75) is 12.8 Å². The molecular weight excluding hydrogens is 373 g/mol. The Morgan fingerprint density at radius 1 is 0.862 bits per heavy atom. The molecule has 7 nitrogen and oxygen atoms in total. The Hall–Kier alpha value is -3.42. The minimum absolute atomic E-state index is 0.231. The minimum atomic E-state index is -0.231. The Bertz CT molecular complexity index is 921.